The second-order valence-electron chi connectivity index (χ2n) is 3.29. The molecule has 0 aromatic carbocycles. The first-order valence-electron chi connectivity index (χ1n) is 4.76. The van der Waals surface area contributed by atoms with Crippen molar-refractivity contribution in [3.8, 4) is 5.88 Å². The van der Waals surface area contributed by atoms with E-state index < -0.39 is 0 Å². The van der Waals surface area contributed by atoms with Crippen LogP contribution in [0.4, 0.5) is 5.95 Å². The highest BCUT2D eigenvalue weighted by atomic mass is 16.5. The Hall–Kier alpha value is -1.36. The monoisotopic (exact) mass is 194 g/mol. The summed E-state index contributed by atoms with van der Waals surface area (Å²) in [5.74, 6) is 1.33. The van der Waals surface area contributed by atoms with E-state index in [2.05, 4.69) is 9.97 Å². The first-order chi connectivity index (χ1) is 6.79. The molecule has 1 aliphatic rings. The molecule has 1 saturated heterocycles. The molecular weight excluding hydrogens is 180 g/mol. The van der Waals surface area contributed by atoms with Gasteiger partial charge in [-0.05, 0) is 6.92 Å². The van der Waals surface area contributed by atoms with E-state index in [1.807, 2.05) is 11.8 Å². The number of nitrogens with two attached hydrogens (primary N) is 1. The van der Waals surface area contributed by atoms with Gasteiger partial charge in [-0.15, -0.1) is 0 Å². The van der Waals surface area contributed by atoms with Crippen LogP contribution in [0.1, 0.15) is 6.92 Å². The lowest BCUT2D eigenvalue weighted by atomic mass is 10.1. The Balaban J connectivity index is 2.06. The Morgan fingerprint density at radius 1 is 1.64 bits per heavy atom. The van der Waals surface area contributed by atoms with Crippen LogP contribution in [-0.4, -0.2) is 35.7 Å². The SMILES string of the molecule is CCOc1ccnc(N2CC(N)C2)n1. The summed E-state index contributed by atoms with van der Waals surface area (Å²) in [5.41, 5.74) is 5.67. The molecule has 2 rings (SSSR count). The van der Waals surface area contributed by atoms with Crippen molar-refractivity contribution in [1.82, 2.24) is 9.97 Å². The van der Waals surface area contributed by atoms with E-state index in [0.717, 1.165) is 13.1 Å². The number of hydrogen-bond acceptors (Lipinski definition) is 5. The predicted molar refractivity (Wildman–Crippen MR) is 53.4 cm³/mol. The van der Waals surface area contributed by atoms with Crippen molar-refractivity contribution >= 4 is 5.95 Å². The van der Waals surface area contributed by atoms with Crippen LogP contribution < -0.4 is 15.4 Å². The number of anilines is 1. The summed E-state index contributed by atoms with van der Waals surface area (Å²) in [7, 11) is 0. The van der Waals surface area contributed by atoms with E-state index in [1.165, 1.54) is 0 Å². The van der Waals surface area contributed by atoms with Crippen molar-refractivity contribution in [3.05, 3.63) is 12.3 Å². The molecule has 0 radical (unpaired) electrons. The topological polar surface area (TPSA) is 64.3 Å². The maximum Gasteiger partial charge on any atom is 0.228 e. The average molecular weight is 194 g/mol. The smallest absolute Gasteiger partial charge is 0.228 e. The molecule has 1 aromatic heterocycles. The number of ether oxygens (including phenoxy) is 1. The van der Waals surface area contributed by atoms with Gasteiger partial charge in [0.1, 0.15) is 0 Å². The maximum absolute atomic E-state index is 5.67. The molecule has 5 nitrogen and oxygen atoms in total. The summed E-state index contributed by atoms with van der Waals surface area (Å²) in [6, 6.07) is 2.02. The van der Waals surface area contributed by atoms with E-state index in [-0.39, 0.29) is 6.04 Å². The standard InChI is InChI=1S/C9H14N4O/c1-2-14-8-3-4-11-9(12-8)13-5-7(10)6-13/h3-4,7H,2,5-6,10H2,1H3. The Kier molecular flexibility index (Phi) is 2.49. The highest BCUT2D eigenvalue weighted by molar-refractivity contribution is 5.36. The Morgan fingerprint density at radius 2 is 2.43 bits per heavy atom. The fourth-order valence-electron chi connectivity index (χ4n) is 1.39. The molecule has 14 heavy (non-hydrogen) atoms. The summed E-state index contributed by atoms with van der Waals surface area (Å²) in [6.07, 6.45) is 1.71. The van der Waals surface area contributed by atoms with Crippen molar-refractivity contribution in [2.45, 2.75) is 13.0 Å². The van der Waals surface area contributed by atoms with Crippen LogP contribution in [0.2, 0.25) is 0 Å². The Morgan fingerprint density at radius 3 is 3.07 bits per heavy atom. The van der Waals surface area contributed by atoms with E-state index in [9.17, 15) is 0 Å². The number of hydrogen-bond donors (Lipinski definition) is 1. The van der Waals surface area contributed by atoms with Gasteiger partial charge in [0.2, 0.25) is 11.8 Å². The van der Waals surface area contributed by atoms with E-state index in [0.29, 0.717) is 18.4 Å². The summed E-state index contributed by atoms with van der Waals surface area (Å²) in [6.45, 7) is 4.21. The molecule has 1 fully saturated rings. The normalized spacial score (nSPS) is 16.6. The van der Waals surface area contributed by atoms with Crippen LogP contribution in [0, 0.1) is 0 Å². The van der Waals surface area contributed by atoms with Crippen molar-refractivity contribution in [3.63, 3.8) is 0 Å². The summed E-state index contributed by atoms with van der Waals surface area (Å²) >= 11 is 0. The fourth-order valence-corrected chi connectivity index (χ4v) is 1.39. The molecular formula is C9H14N4O. The zero-order chi connectivity index (χ0) is 9.97. The maximum atomic E-state index is 5.67. The Labute approximate surface area is 82.9 Å². The van der Waals surface area contributed by atoms with Crippen molar-refractivity contribution in [2.24, 2.45) is 5.73 Å². The van der Waals surface area contributed by atoms with E-state index in [1.54, 1.807) is 12.3 Å². The molecule has 2 N–H and O–H groups in total. The zero-order valence-corrected chi connectivity index (χ0v) is 8.18. The minimum absolute atomic E-state index is 0.259. The zero-order valence-electron chi connectivity index (χ0n) is 8.18. The molecule has 0 bridgehead atoms. The number of nitrogens with zero attached hydrogens (tertiary/aromatic N) is 3. The Bertz CT molecular complexity index is 311. The largest absolute Gasteiger partial charge is 0.478 e. The highest BCUT2D eigenvalue weighted by Crippen LogP contribution is 2.17. The van der Waals surface area contributed by atoms with Gasteiger partial charge < -0.3 is 15.4 Å². The lowest BCUT2D eigenvalue weighted by Crippen LogP contribution is -2.56. The highest BCUT2D eigenvalue weighted by Gasteiger charge is 2.25. The molecule has 0 amide bonds. The van der Waals surface area contributed by atoms with E-state index >= 15 is 0 Å². The van der Waals surface area contributed by atoms with Crippen LogP contribution in [0.3, 0.4) is 0 Å². The fraction of sp³-hybridized carbons (Fsp3) is 0.556. The van der Waals surface area contributed by atoms with Gasteiger partial charge >= 0.3 is 0 Å². The van der Waals surface area contributed by atoms with Crippen molar-refractivity contribution in [1.29, 1.82) is 0 Å². The minimum Gasteiger partial charge on any atom is -0.478 e. The summed E-state index contributed by atoms with van der Waals surface area (Å²) in [4.78, 5) is 10.4. The molecule has 1 aromatic rings. The minimum atomic E-state index is 0.259. The second kappa shape index (κ2) is 3.79. The second-order valence-corrected chi connectivity index (χ2v) is 3.29. The quantitative estimate of drug-likeness (QED) is 0.735. The third kappa shape index (κ3) is 1.77. The molecule has 76 valence electrons. The van der Waals surface area contributed by atoms with Gasteiger partial charge in [0, 0.05) is 31.4 Å². The third-order valence-electron chi connectivity index (χ3n) is 2.10. The van der Waals surface area contributed by atoms with Gasteiger partial charge in [0.05, 0.1) is 6.61 Å². The molecule has 1 aliphatic heterocycles. The van der Waals surface area contributed by atoms with E-state index in [4.69, 9.17) is 10.5 Å². The van der Waals surface area contributed by atoms with Crippen LogP contribution >= 0.6 is 0 Å². The third-order valence-corrected chi connectivity index (χ3v) is 2.10. The summed E-state index contributed by atoms with van der Waals surface area (Å²) < 4.78 is 5.28. The lowest BCUT2D eigenvalue weighted by molar-refractivity contribution is 0.325. The van der Waals surface area contributed by atoms with Gasteiger partial charge in [-0.25, -0.2) is 4.98 Å². The molecule has 0 aliphatic carbocycles. The van der Waals surface area contributed by atoms with Crippen molar-refractivity contribution < 1.29 is 4.74 Å². The molecule has 0 atom stereocenters. The molecule has 2 heterocycles. The molecule has 0 spiro atoms. The average Bonchev–Trinajstić information content (AvgIpc) is 2.14. The van der Waals surface area contributed by atoms with Gasteiger partial charge in [0.15, 0.2) is 0 Å². The van der Waals surface area contributed by atoms with Crippen molar-refractivity contribution in [2.75, 3.05) is 24.6 Å². The lowest BCUT2D eigenvalue weighted by Gasteiger charge is -2.36. The number of rotatable bonds is 3. The number of aromatic nitrogens is 2. The van der Waals surface area contributed by atoms with Gasteiger partial charge in [-0.3, -0.25) is 0 Å². The van der Waals surface area contributed by atoms with Gasteiger partial charge in [-0.2, -0.15) is 4.98 Å². The predicted octanol–water partition coefficient (Wildman–Crippen LogP) is 0.0226. The van der Waals surface area contributed by atoms with Crippen LogP contribution in [0.5, 0.6) is 5.88 Å². The van der Waals surface area contributed by atoms with Crippen LogP contribution in [-0.2, 0) is 0 Å². The molecule has 0 saturated carbocycles. The molecule has 5 heteroatoms. The van der Waals surface area contributed by atoms with Gasteiger partial charge in [0.25, 0.3) is 0 Å². The first kappa shape index (κ1) is 9.21. The first-order valence-corrected chi connectivity index (χ1v) is 4.76. The van der Waals surface area contributed by atoms with Crippen LogP contribution in [0.15, 0.2) is 12.3 Å². The molecule has 0 unspecified atom stereocenters. The van der Waals surface area contributed by atoms with Crippen LogP contribution in [0.25, 0.3) is 0 Å². The summed E-state index contributed by atoms with van der Waals surface area (Å²) in [5, 5.41) is 0. The van der Waals surface area contributed by atoms with Gasteiger partial charge in [-0.1, -0.05) is 0 Å².